The van der Waals surface area contributed by atoms with Crippen LogP contribution in [0.25, 0.3) is 0 Å². The molecule has 6 heteroatoms. The predicted molar refractivity (Wildman–Crippen MR) is 68.0 cm³/mol. The summed E-state index contributed by atoms with van der Waals surface area (Å²) >= 11 is 0. The standard InChI is InChI=1S/C12H11N3O2S/c1-2-14-18(16,17)12-8-13-15(10-12)9-11-6-4-3-5-7-11/h3-8,10H,1,9H2. The Morgan fingerprint density at radius 3 is 2.72 bits per heavy atom. The number of rotatable bonds is 4. The van der Waals surface area contributed by atoms with Gasteiger partial charge in [-0.3, -0.25) is 4.68 Å². The highest BCUT2D eigenvalue weighted by molar-refractivity contribution is 7.90. The van der Waals surface area contributed by atoms with E-state index in [2.05, 4.69) is 16.1 Å². The lowest BCUT2D eigenvalue weighted by molar-refractivity contribution is 0.598. The van der Waals surface area contributed by atoms with Crippen molar-refractivity contribution in [2.75, 3.05) is 0 Å². The quantitative estimate of drug-likeness (QED) is 0.783. The number of hydrogen-bond acceptors (Lipinski definition) is 3. The molecule has 0 aliphatic rings. The first-order valence-electron chi connectivity index (χ1n) is 5.17. The SMILES string of the molecule is C=C=NS(=O)(=O)c1cnn(Cc2ccccc2)c1. The van der Waals surface area contributed by atoms with E-state index in [1.165, 1.54) is 12.4 Å². The van der Waals surface area contributed by atoms with Crippen LogP contribution in [0.15, 0.2) is 58.6 Å². The first kappa shape index (κ1) is 12.3. The van der Waals surface area contributed by atoms with Crippen molar-refractivity contribution >= 4 is 15.9 Å². The second-order valence-electron chi connectivity index (χ2n) is 3.58. The molecule has 0 aliphatic heterocycles. The van der Waals surface area contributed by atoms with Crippen LogP contribution in [-0.4, -0.2) is 24.1 Å². The van der Waals surface area contributed by atoms with Gasteiger partial charge in [0.15, 0.2) is 0 Å². The van der Waals surface area contributed by atoms with Crippen LogP contribution in [0.4, 0.5) is 0 Å². The molecule has 0 fully saturated rings. The maximum absolute atomic E-state index is 11.6. The van der Waals surface area contributed by atoms with E-state index in [9.17, 15) is 8.42 Å². The third kappa shape index (κ3) is 2.74. The second-order valence-corrected chi connectivity index (χ2v) is 5.19. The van der Waals surface area contributed by atoms with Gasteiger partial charge in [-0.1, -0.05) is 30.3 Å². The molecule has 2 rings (SSSR count). The zero-order valence-electron chi connectivity index (χ0n) is 9.52. The largest absolute Gasteiger partial charge is 0.293 e. The molecule has 0 bridgehead atoms. The minimum Gasteiger partial charge on any atom is -0.267 e. The zero-order valence-corrected chi connectivity index (χ0v) is 10.3. The van der Waals surface area contributed by atoms with Crippen molar-refractivity contribution in [1.82, 2.24) is 9.78 Å². The highest BCUT2D eigenvalue weighted by atomic mass is 32.2. The van der Waals surface area contributed by atoms with E-state index >= 15 is 0 Å². The van der Waals surface area contributed by atoms with Crippen molar-refractivity contribution < 1.29 is 8.42 Å². The molecule has 0 aliphatic carbocycles. The lowest BCUT2D eigenvalue weighted by Gasteiger charge is -2.00. The lowest BCUT2D eigenvalue weighted by Crippen LogP contribution is -2.00. The van der Waals surface area contributed by atoms with E-state index in [0.717, 1.165) is 5.56 Å². The minimum absolute atomic E-state index is 0.0366. The molecule has 0 unspecified atom stereocenters. The van der Waals surface area contributed by atoms with Gasteiger partial charge in [0, 0.05) is 6.20 Å². The molecule has 5 nitrogen and oxygen atoms in total. The summed E-state index contributed by atoms with van der Waals surface area (Å²) in [4.78, 5) is 0.0366. The molecule has 1 heterocycles. The van der Waals surface area contributed by atoms with Crippen molar-refractivity contribution in [1.29, 1.82) is 0 Å². The lowest BCUT2D eigenvalue weighted by atomic mass is 10.2. The summed E-state index contributed by atoms with van der Waals surface area (Å²) in [5.41, 5.74) is 1.04. The number of nitrogens with zero attached hydrogens (tertiary/aromatic N) is 3. The molecule has 18 heavy (non-hydrogen) atoms. The van der Waals surface area contributed by atoms with Gasteiger partial charge < -0.3 is 0 Å². The molecule has 1 aromatic carbocycles. The Labute approximate surface area is 105 Å². The van der Waals surface area contributed by atoms with Crippen LogP contribution in [0.1, 0.15) is 5.56 Å². The highest BCUT2D eigenvalue weighted by Crippen LogP contribution is 2.11. The third-order valence-electron chi connectivity index (χ3n) is 2.28. The fourth-order valence-electron chi connectivity index (χ4n) is 1.47. The molecule has 1 aromatic heterocycles. The van der Waals surface area contributed by atoms with Gasteiger partial charge >= 0.3 is 0 Å². The van der Waals surface area contributed by atoms with Crippen molar-refractivity contribution in [2.24, 2.45) is 4.40 Å². The average Bonchev–Trinajstić information content (AvgIpc) is 2.79. The van der Waals surface area contributed by atoms with E-state index in [4.69, 9.17) is 0 Å². The van der Waals surface area contributed by atoms with E-state index < -0.39 is 10.0 Å². The molecule has 0 saturated heterocycles. The second kappa shape index (κ2) is 5.00. The van der Waals surface area contributed by atoms with Crippen LogP contribution in [0.5, 0.6) is 0 Å². The van der Waals surface area contributed by atoms with E-state index in [1.807, 2.05) is 36.2 Å². The Hall–Kier alpha value is -2.17. The van der Waals surface area contributed by atoms with Gasteiger partial charge in [0.1, 0.15) is 4.90 Å². The van der Waals surface area contributed by atoms with Crippen LogP contribution < -0.4 is 0 Å². The summed E-state index contributed by atoms with van der Waals surface area (Å²) in [5, 5.41) is 3.99. The summed E-state index contributed by atoms with van der Waals surface area (Å²) in [6, 6.07) is 9.63. The maximum Gasteiger partial charge on any atom is 0.293 e. The summed E-state index contributed by atoms with van der Waals surface area (Å²) in [5.74, 6) is 2.02. The van der Waals surface area contributed by atoms with Gasteiger partial charge in [-0.15, -0.1) is 4.40 Å². The summed E-state index contributed by atoms with van der Waals surface area (Å²) in [6.07, 6.45) is 2.70. The van der Waals surface area contributed by atoms with Crippen LogP contribution in [0, 0.1) is 0 Å². The van der Waals surface area contributed by atoms with Gasteiger partial charge in [-0.2, -0.15) is 13.5 Å². The highest BCUT2D eigenvalue weighted by Gasteiger charge is 2.14. The molecule has 0 amide bonds. The van der Waals surface area contributed by atoms with Gasteiger partial charge in [-0.25, -0.2) is 0 Å². The van der Waals surface area contributed by atoms with E-state index in [-0.39, 0.29) is 4.90 Å². The van der Waals surface area contributed by atoms with Crippen LogP contribution in [-0.2, 0) is 16.6 Å². The molecular formula is C12H11N3O2S. The first-order valence-corrected chi connectivity index (χ1v) is 6.61. The summed E-state index contributed by atoms with van der Waals surface area (Å²) in [7, 11) is -3.71. The van der Waals surface area contributed by atoms with Gasteiger partial charge in [0.05, 0.1) is 12.7 Å². The molecule has 92 valence electrons. The Bertz CT molecular complexity index is 683. The van der Waals surface area contributed by atoms with Gasteiger partial charge in [0.25, 0.3) is 10.0 Å². The van der Waals surface area contributed by atoms with Crippen molar-refractivity contribution in [3.63, 3.8) is 0 Å². The van der Waals surface area contributed by atoms with Gasteiger partial charge in [-0.05, 0) is 18.0 Å². The molecular weight excluding hydrogens is 250 g/mol. The Balaban J connectivity index is 2.24. The van der Waals surface area contributed by atoms with Crippen LogP contribution in [0.3, 0.4) is 0 Å². The number of aromatic nitrogens is 2. The molecule has 0 atom stereocenters. The minimum atomic E-state index is -3.71. The van der Waals surface area contributed by atoms with E-state index in [0.29, 0.717) is 6.54 Å². The molecule has 0 N–H and O–H groups in total. The molecule has 2 aromatic rings. The summed E-state index contributed by atoms with van der Waals surface area (Å²) in [6.45, 7) is 3.66. The van der Waals surface area contributed by atoms with Crippen molar-refractivity contribution in [3.8, 4) is 0 Å². The zero-order chi connectivity index (χ0) is 13.0. The summed E-state index contributed by atoms with van der Waals surface area (Å²) < 4.78 is 27.9. The third-order valence-corrected chi connectivity index (χ3v) is 3.46. The Kier molecular flexibility index (Phi) is 3.41. The molecule has 0 spiro atoms. The van der Waals surface area contributed by atoms with Gasteiger partial charge in [0.2, 0.25) is 0 Å². The fraction of sp³-hybridized carbons (Fsp3) is 0.0833. The number of sulfonamides is 1. The van der Waals surface area contributed by atoms with Crippen LogP contribution >= 0.6 is 0 Å². The first-order chi connectivity index (χ1) is 8.62. The number of benzene rings is 1. The normalized spacial score (nSPS) is 10.9. The fourth-order valence-corrected chi connectivity index (χ4v) is 2.18. The molecule has 0 radical (unpaired) electrons. The maximum atomic E-state index is 11.6. The predicted octanol–water partition coefficient (Wildman–Crippen LogP) is 1.48. The Morgan fingerprint density at radius 2 is 2.06 bits per heavy atom. The molecule has 0 saturated carbocycles. The van der Waals surface area contributed by atoms with E-state index in [1.54, 1.807) is 4.68 Å². The topological polar surface area (TPSA) is 64.3 Å². The Morgan fingerprint density at radius 1 is 1.33 bits per heavy atom. The average molecular weight is 261 g/mol. The number of hydrogen-bond donors (Lipinski definition) is 0. The monoisotopic (exact) mass is 261 g/mol. The van der Waals surface area contributed by atoms with Crippen molar-refractivity contribution in [2.45, 2.75) is 11.4 Å². The van der Waals surface area contributed by atoms with Crippen LogP contribution in [0.2, 0.25) is 0 Å². The van der Waals surface area contributed by atoms with Crippen molar-refractivity contribution in [3.05, 3.63) is 54.9 Å². The smallest absolute Gasteiger partial charge is 0.267 e.